The highest BCUT2D eigenvalue weighted by molar-refractivity contribution is 6.32. The summed E-state index contributed by atoms with van der Waals surface area (Å²) in [5.41, 5.74) is 3.39. The van der Waals surface area contributed by atoms with E-state index in [2.05, 4.69) is 29.1 Å². The summed E-state index contributed by atoms with van der Waals surface area (Å²) < 4.78 is 5.80. The van der Waals surface area contributed by atoms with Gasteiger partial charge in [-0.1, -0.05) is 51.4 Å². The molecule has 0 saturated heterocycles. The van der Waals surface area contributed by atoms with E-state index in [9.17, 15) is 0 Å². The van der Waals surface area contributed by atoms with Gasteiger partial charge in [0.05, 0.1) is 16.1 Å². The number of hydrogen-bond donors (Lipinski definition) is 2. The summed E-state index contributed by atoms with van der Waals surface area (Å²) in [5, 5.41) is 12.4. The molecule has 0 spiro atoms. The Kier molecular flexibility index (Phi) is 7.38. The molecule has 1 aromatic carbocycles. The monoisotopic (exact) mass is 488 g/mol. The summed E-state index contributed by atoms with van der Waals surface area (Å²) in [6.45, 7) is 9.13. The average molecular weight is 489 g/mol. The molecule has 0 aliphatic heterocycles. The topological polar surface area (TPSA) is 96.7 Å². The lowest BCUT2D eigenvalue weighted by molar-refractivity contribution is 0.0925. The molecule has 35 heavy (non-hydrogen) atoms. The van der Waals surface area contributed by atoms with Crippen LogP contribution in [0.3, 0.4) is 0 Å². The quantitative estimate of drug-likeness (QED) is 0.258. The van der Waals surface area contributed by atoms with Crippen molar-refractivity contribution < 1.29 is 4.74 Å². The SMILES string of the molecule is CC(C)COCc1nc(Nc2ccc(C(C)(C)C=N)cc2)c2ccc(-c3ncccc3Cl)nc2n1. The van der Waals surface area contributed by atoms with Crippen LogP contribution in [0, 0.1) is 11.3 Å². The molecule has 8 heteroatoms. The first-order valence-electron chi connectivity index (χ1n) is 11.5. The van der Waals surface area contributed by atoms with Gasteiger partial charge in [-0.2, -0.15) is 0 Å². The third kappa shape index (κ3) is 5.81. The first-order valence-corrected chi connectivity index (χ1v) is 11.9. The molecule has 4 aromatic rings. The van der Waals surface area contributed by atoms with E-state index in [0.29, 0.717) is 46.2 Å². The van der Waals surface area contributed by atoms with Crippen molar-refractivity contribution in [3.8, 4) is 11.4 Å². The summed E-state index contributed by atoms with van der Waals surface area (Å²) in [6.07, 6.45) is 3.14. The predicted molar refractivity (Wildman–Crippen MR) is 142 cm³/mol. The molecule has 2 N–H and O–H groups in total. The lowest BCUT2D eigenvalue weighted by Crippen LogP contribution is -2.17. The third-order valence-electron chi connectivity index (χ3n) is 5.54. The van der Waals surface area contributed by atoms with Crippen molar-refractivity contribution >= 4 is 40.4 Å². The summed E-state index contributed by atoms with van der Waals surface area (Å²) in [6, 6.07) is 15.4. The molecule has 0 radical (unpaired) electrons. The number of fused-ring (bicyclic) bond motifs is 1. The number of nitrogens with one attached hydrogen (secondary N) is 2. The molecule has 0 atom stereocenters. The normalized spacial score (nSPS) is 11.7. The average Bonchev–Trinajstić information content (AvgIpc) is 2.84. The van der Waals surface area contributed by atoms with Gasteiger partial charge in [0.15, 0.2) is 11.5 Å². The fourth-order valence-electron chi connectivity index (χ4n) is 3.51. The maximum atomic E-state index is 7.68. The van der Waals surface area contributed by atoms with Crippen LogP contribution in [0.5, 0.6) is 0 Å². The Labute approximate surface area is 210 Å². The van der Waals surface area contributed by atoms with Gasteiger partial charge in [0.25, 0.3) is 0 Å². The lowest BCUT2D eigenvalue weighted by atomic mass is 9.86. The van der Waals surface area contributed by atoms with Crippen molar-refractivity contribution in [1.82, 2.24) is 19.9 Å². The smallest absolute Gasteiger partial charge is 0.165 e. The van der Waals surface area contributed by atoms with Gasteiger partial charge in [-0.15, -0.1) is 0 Å². The first kappa shape index (κ1) is 24.7. The van der Waals surface area contributed by atoms with Gasteiger partial charge in [0.2, 0.25) is 0 Å². The molecule has 0 aliphatic carbocycles. The van der Waals surface area contributed by atoms with Crippen LogP contribution >= 0.6 is 11.6 Å². The second-order valence-electron chi connectivity index (χ2n) is 9.37. The number of ether oxygens (including phenoxy) is 1. The molecule has 0 amide bonds. The Hall–Kier alpha value is -3.42. The molecular formula is C27H29ClN6O. The van der Waals surface area contributed by atoms with E-state index in [0.717, 1.165) is 16.6 Å². The fraction of sp³-hybridized carbons (Fsp3) is 0.296. The third-order valence-corrected chi connectivity index (χ3v) is 5.85. The maximum absolute atomic E-state index is 7.68. The van der Waals surface area contributed by atoms with Gasteiger partial charge >= 0.3 is 0 Å². The maximum Gasteiger partial charge on any atom is 0.165 e. The van der Waals surface area contributed by atoms with Crippen molar-refractivity contribution in [2.45, 2.75) is 39.7 Å². The van der Waals surface area contributed by atoms with Crippen LogP contribution in [-0.4, -0.2) is 32.8 Å². The number of nitrogens with zero attached hydrogens (tertiary/aromatic N) is 4. The summed E-state index contributed by atoms with van der Waals surface area (Å²) in [5.74, 6) is 1.59. The number of benzene rings is 1. The van der Waals surface area contributed by atoms with Gasteiger partial charge in [0.1, 0.15) is 18.1 Å². The Bertz CT molecular complexity index is 1340. The Morgan fingerprint density at radius 1 is 1.06 bits per heavy atom. The Balaban J connectivity index is 1.72. The Morgan fingerprint density at radius 2 is 1.83 bits per heavy atom. The second kappa shape index (κ2) is 10.5. The molecule has 4 rings (SSSR count). The summed E-state index contributed by atoms with van der Waals surface area (Å²) in [4.78, 5) is 18.5. The number of halogens is 1. The molecule has 0 aliphatic rings. The van der Waals surface area contributed by atoms with E-state index < -0.39 is 0 Å². The number of anilines is 2. The molecule has 0 fully saturated rings. The van der Waals surface area contributed by atoms with Crippen LogP contribution < -0.4 is 5.32 Å². The van der Waals surface area contributed by atoms with E-state index in [1.165, 1.54) is 6.21 Å². The highest BCUT2D eigenvalue weighted by Crippen LogP contribution is 2.29. The molecule has 3 heterocycles. The highest BCUT2D eigenvalue weighted by Gasteiger charge is 2.17. The van der Waals surface area contributed by atoms with E-state index in [-0.39, 0.29) is 12.0 Å². The van der Waals surface area contributed by atoms with Crippen molar-refractivity contribution in [2.24, 2.45) is 5.92 Å². The molecule has 0 bridgehead atoms. The number of hydrogen-bond acceptors (Lipinski definition) is 7. The summed E-state index contributed by atoms with van der Waals surface area (Å²) >= 11 is 6.35. The van der Waals surface area contributed by atoms with Gasteiger partial charge in [-0.05, 0) is 47.9 Å². The standard InChI is InChI=1S/C27H29ClN6O/c1-17(2)14-35-15-23-33-25(31-19-9-7-18(8-10-19)27(3,4)16-29)20-11-12-22(32-26(20)34-23)24-21(28)6-5-13-30-24/h5-13,16-17,29H,14-15H2,1-4H3,(H,31,32,33,34). The van der Waals surface area contributed by atoms with Crippen LogP contribution in [0.15, 0.2) is 54.7 Å². The molecule has 180 valence electrons. The minimum atomic E-state index is -0.325. The van der Waals surface area contributed by atoms with E-state index >= 15 is 0 Å². The van der Waals surface area contributed by atoms with Crippen LogP contribution in [0.25, 0.3) is 22.4 Å². The van der Waals surface area contributed by atoms with Gasteiger partial charge in [-0.3, -0.25) is 4.98 Å². The fourth-order valence-corrected chi connectivity index (χ4v) is 3.73. The molecule has 0 saturated carbocycles. The predicted octanol–water partition coefficient (Wildman–Crippen LogP) is 6.58. The van der Waals surface area contributed by atoms with Crippen molar-refractivity contribution in [3.05, 3.63) is 71.1 Å². The minimum absolute atomic E-state index is 0.283. The largest absolute Gasteiger partial charge is 0.373 e. The second-order valence-corrected chi connectivity index (χ2v) is 9.77. The first-order chi connectivity index (χ1) is 16.8. The number of pyridine rings is 2. The Morgan fingerprint density at radius 3 is 2.51 bits per heavy atom. The van der Waals surface area contributed by atoms with Crippen molar-refractivity contribution in [1.29, 1.82) is 5.41 Å². The van der Waals surface area contributed by atoms with Crippen LogP contribution in [0.2, 0.25) is 5.02 Å². The zero-order valence-electron chi connectivity index (χ0n) is 20.3. The number of aromatic nitrogens is 4. The molecule has 3 aromatic heterocycles. The minimum Gasteiger partial charge on any atom is -0.373 e. The highest BCUT2D eigenvalue weighted by atomic mass is 35.5. The van der Waals surface area contributed by atoms with Crippen molar-refractivity contribution in [2.75, 3.05) is 11.9 Å². The van der Waals surface area contributed by atoms with Gasteiger partial charge in [-0.25, -0.2) is 15.0 Å². The van der Waals surface area contributed by atoms with E-state index in [4.69, 9.17) is 31.7 Å². The molecular weight excluding hydrogens is 460 g/mol. The number of rotatable bonds is 9. The lowest BCUT2D eigenvalue weighted by Gasteiger charge is -2.19. The molecule has 7 nitrogen and oxygen atoms in total. The zero-order valence-corrected chi connectivity index (χ0v) is 21.1. The van der Waals surface area contributed by atoms with Gasteiger partial charge in [0, 0.05) is 30.1 Å². The van der Waals surface area contributed by atoms with E-state index in [1.54, 1.807) is 18.3 Å². The van der Waals surface area contributed by atoms with Crippen LogP contribution in [0.4, 0.5) is 11.5 Å². The molecule has 0 unspecified atom stereocenters. The van der Waals surface area contributed by atoms with Crippen LogP contribution in [-0.2, 0) is 16.8 Å². The van der Waals surface area contributed by atoms with Gasteiger partial charge < -0.3 is 15.5 Å². The zero-order chi connectivity index (χ0) is 25.0. The van der Waals surface area contributed by atoms with Crippen molar-refractivity contribution in [3.63, 3.8) is 0 Å². The summed E-state index contributed by atoms with van der Waals surface area (Å²) in [7, 11) is 0. The van der Waals surface area contributed by atoms with E-state index in [1.807, 2.05) is 50.2 Å². The van der Waals surface area contributed by atoms with Crippen LogP contribution in [0.1, 0.15) is 39.1 Å².